The lowest BCUT2D eigenvalue weighted by Gasteiger charge is -2.11. The van der Waals surface area contributed by atoms with Crippen LogP contribution in [0.1, 0.15) is 22.3 Å². The molecular weight excluding hydrogens is 268 g/mol. The van der Waals surface area contributed by atoms with Crippen molar-refractivity contribution in [3.8, 4) is 5.75 Å². The summed E-state index contributed by atoms with van der Waals surface area (Å²) in [5, 5.41) is 22.8. The highest BCUT2D eigenvalue weighted by atomic mass is 16.6. The number of rotatable bonds is 3. The summed E-state index contributed by atoms with van der Waals surface area (Å²) >= 11 is 0. The molecular formula is C16H15N2O3-. The fourth-order valence-electron chi connectivity index (χ4n) is 2.10. The first-order valence-corrected chi connectivity index (χ1v) is 6.46. The molecule has 0 saturated carbocycles. The molecule has 5 heteroatoms. The van der Waals surface area contributed by atoms with Gasteiger partial charge in [-0.05, 0) is 49.3 Å². The van der Waals surface area contributed by atoms with Gasteiger partial charge in [0.05, 0.1) is 10.6 Å². The van der Waals surface area contributed by atoms with Crippen LogP contribution in [-0.2, 0) is 0 Å². The largest absolute Gasteiger partial charge is 0.867 e. The molecule has 21 heavy (non-hydrogen) atoms. The Kier molecular flexibility index (Phi) is 4.03. The lowest BCUT2D eigenvalue weighted by molar-refractivity contribution is -0.398. The molecule has 0 aromatic heterocycles. The van der Waals surface area contributed by atoms with Crippen molar-refractivity contribution < 1.29 is 10.0 Å². The van der Waals surface area contributed by atoms with Crippen LogP contribution in [0, 0.1) is 30.9 Å². The van der Waals surface area contributed by atoms with Gasteiger partial charge in [-0.2, -0.15) is 0 Å². The average Bonchev–Trinajstić information content (AvgIpc) is 2.40. The van der Waals surface area contributed by atoms with E-state index in [0.29, 0.717) is 5.56 Å². The summed E-state index contributed by atoms with van der Waals surface area (Å²) in [6.45, 7) is 5.62. The van der Waals surface area contributed by atoms with Gasteiger partial charge in [0.15, 0.2) is 0 Å². The zero-order chi connectivity index (χ0) is 15.6. The Morgan fingerprint density at radius 3 is 2.43 bits per heavy atom. The number of aliphatic imine (C=N–C) groups is 1. The molecule has 0 aliphatic heterocycles. The second-order valence-electron chi connectivity index (χ2n) is 5.01. The zero-order valence-electron chi connectivity index (χ0n) is 12.1. The number of nitro groups is 1. The number of nitro benzene ring substituents is 1. The highest BCUT2D eigenvalue weighted by Crippen LogP contribution is 2.28. The van der Waals surface area contributed by atoms with Crippen molar-refractivity contribution in [1.82, 2.24) is 0 Å². The molecule has 0 unspecified atom stereocenters. The van der Waals surface area contributed by atoms with E-state index in [-0.39, 0.29) is 5.56 Å². The van der Waals surface area contributed by atoms with Crippen molar-refractivity contribution in [2.45, 2.75) is 20.8 Å². The van der Waals surface area contributed by atoms with E-state index in [9.17, 15) is 15.2 Å². The quantitative estimate of drug-likeness (QED) is 0.492. The summed E-state index contributed by atoms with van der Waals surface area (Å²) in [7, 11) is 0. The van der Waals surface area contributed by atoms with Crippen LogP contribution >= 0.6 is 0 Å². The van der Waals surface area contributed by atoms with E-state index in [1.165, 1.54) is 12.3 Å². The number of hydrogen-bond donors (Lipinski definition) is 0. The summed E-state index contributed by atoms with van der Waals surface area (Å²) in [6, 6.07) is 8.65. The molecule has 0 N–H and O–H groups in total. The van der Waals surface area contributed by atoms with E-state index in [1.807, 2.05) is 32.0 Å². The first-order valence-electron chi connectivity index (χ1n) is 6.46. The molecule has 108 valence electrons. The topological polar surface area (TPSA) is 78.6 Å². The summed E-state index contributed by atoms with van der Waals surface area (Å²) in [6.07, 6.45) is 1.39. The predicted molar refractivity (Wildman–Crippen MR) is 80.4 cm³/mol. The number of hydrogen-bond acceptors (Lipinski definition) is 4. The van der Waals surface area contributed by atoms with Crippen molar-refractivity contribution >= 4 is 17.6 Å². The Hall–Kier alpha value is -2.69. The van der Waals surface area contributed by atoms with Crippen LogP contribution in [0.2, 0.25) is 0 Å². The first kappa shape index (κ1) is 14.7. The molecule has 0 spiro atoms. The molecule has 0 atom stereocenters. The van der Waals surface area contributed by atoms with Crippen molar-refractivity contribution in [1.29, 1.82) is 0 Å². The summed E-state index contributed by atoms with van der Waals surface area (Å²) in [5.74, 6) is -0.612. The Morgan fingerprint density at radius 1 is 1.10 bits per heavy atom. The van der Waals surface area contributed by atoms with Gasteiger partial charge in [0.1, 0.15) is 0 Å². The molecule has 2 aromatic carbocycles. The Balaban J connectivity index is 2.43. The maximum Gasteiger partial charge on any atom is 0.262 e. The van der Waals surface area contributed by atoms with Crippen LogP contribution in [0.5, 0.6) is 5.75 Å². The van der Waals surface area contributed by atoms with E-state index in [1.54, 1.807) is 13.0 Å². The molecule has 0 aliphatic rings. The zero-order valence-corrected chi connectivity index (χ0v) is 12.1. The molecule has 2 aromatic rings. The van der Waals surface area contributed by atoms with E-state index in [4.69, 9.17) is 0 Å². The highest BCUT2D eigenvalue weighted by Gasteiger charge is 2.10. The van der Waals surface area contributed by atoms with Gasteiger partial charge in [-0.25, -0.2) is 0 Å². The second-order valence-corrected chi connectivity index (χ2v) is 5.01. The van der Waals surface area contributed by atoms with Crippen LogP contribution in [0.3, 0.4) is 0 Å². The fourth-order valence-corrected chi connectivity index (χ4v) is 2.10. The van der Waals surface area contributed by atoms with Gasteiger partial charge >= 0.3 is 0 Å². The predicted octanol–water partition coefficient (Wildman–Crippen LogP) is 3.34. The minimum atomic E-state index is -0.663. The van der Waals surface area contributed by atoms with Crippen molar-refractivity contribution in [2.75, 3.05) is 0 Å². The Morgan fingerprint density at radius 2 is 1.81 bits per heavy atom. The molecule has 0 fully saturated rings. The Bertz CT molecular complexity index is 737. The standard InChI is InChI=1S/C16H16N2O3/c1-10-4-5-14(12(3)6-10)17-9-13-7-11(2)8-15(16(13)19)18(20)21/h4-9,19H,1-3H3/p-1. The van der Waals surface area contributed by atoms with Crippen LogP contribution in [0.25, 0.3) is 0 Å². The molecule has 0 bridgehead atoms. The van der Waals surface area contributed by atoms with E-state index < -0.39 is 16.4 Å². The van der Waals surface area contributed by atoms with Gasteiger partial charge in [0, 0.05) is 12.3 Å². The van der Waals surface area contributed by atoms with Crippen LogP contribution in [-0.4, -0.2) is 11.1 Å². The van der Waals surface area contributed by atoms with Crippen LogP contribution in [0.4, 0.5) is 11.4 Å². The van der Waals surface area contributed by atoms with Crippen molar-refractivity contribution in [3.63, 3.8) is 0 Å². The van der Waals surface area contributed by atoms with Gasteiger partial charge in [-0.1, -0.05) is 23.8 Å². The maximum absolute atomic E-state index is 12.0. The fraction of sp³-hybridized carbons (Fsp3) is 0.188. The van der Waals surface area contributed by atoms with Crippen LogP contribution in [0.15, 0.2) is 35.3 Å². The lowest BCUT2D eigenvalue weighted by atomic mass is 10.1. The van der Waals surface area contributed by atoms with Crippen LogP contribution < -0.4 is 5.11 Å². The number of benzene rings is 2. The first-order chi connectivity index (χ1) is 9.88. The van der Waals surface area contributed by atoms with Gasteiger partial charge < -0.3 is 5.11 Å². The molecule has 5 nitrogen and oxygen atoms in total. The average molecular weight is 283 g/mol. The summed E-state index contributed by atoms with van der Waals surface area (Å²) in [4.78, 5) is 14.5. The summed E-state index contributed by atoms with van der Waals surface area (Å²) in [5.41, 5.74) is 3.31. The van der Waals surface area contributed by atoms with Gasteiger partial charge in [-0.15, -0.1) is 0 Å². The molecule has 0 aliphatic carbocycles. The highest BCUT2D eigenvalue weighted by molar-refractivity contribution is 5.87. The van der Waals surface area contributed by atoms with Crippen molar-refractivity contribution in [2.24, 2.45) is 4.99 Å². The minimum absolute atomic E-state index is 0.224. The molecule has 0 amide bonds. The third-order valence-corrected chi connectivity index (χ3v) is 3.13. The second kappa shape index (κ2) is 5.75. The molecule has 0 radical (unpaired) electrons. The third kappa shape index (κ3) is 3.25. The molecule has 2 rings (SSSR count). The molecule has 0 saturated heterocycles. The maximum atomic E-state index is 12.0. The minimum Gasteiger partial charge on any atom is -0.867 e. The summed E-state index contributed by atoms with van der Waals surface area (Å²) < 4.78 is 0. The van der Waals surface area contributed by atoms with Gasteiger partial charge in [0.2, 0.25) is 0 Å². The van der Waals surface area contributed by atoms with Crippen molar-refractivity contribution in [3.05, 3.63) is 62.7 Å². The lowest BCUT2D eigenvalue weighted by Crippen LogP contribution is -2.02. The Labute approximate surface area is 122 Å². The number of nitrogens with zero attached hydrogens (tertiary/aromatic N) is 2. The van der Waals surface area contributed by atoms with Gasteiger partial charge in [0.25, 0.3) is 5.69 Å². The molecule has 0 heterocycles. The van der Waals surface area contributed by atoms with E-state index >= 15 is 0 Å². The SMILES string of the molecule is Cc1ccc(N=Cc2cc(C)cc([N+](=O)[O-])c2[O-])c(C)c1. The number of aryl methyl sites for hydroxylation is 3. The van der Waals surface area contributed by atoms with Gasteiger partial charge in [-0.3, -0.25) is 15.1 Å². The third-order valence-electron chi connectivity index (χ3n) is 3.13. The monoisotopic (exact) mass is 283 g/mol. The van der Waals surface area contributed by atoms with E-state index in [0.717, 1.165) is 16.8 Å². The smallest absolute Gasteiger partial charge is 0.262 e. The van der Waals surface area contributed by atoms with E-state index in [2.05, 4.69) is 4.99 Å². The normalized spacial score (nSPS) is 11.0.